The number of rotatable bonds is 6. The fraction of sp³-hybridized carbons (Fsp3) is 0.200. The van der Waals surface area contributed by atoms with Crippen LogP contribution >= 0.6 is 24.8 Å². The zero-order chi connectivity index (χ0) is 36.0. The molecule has 0 radical (unpaired) electrons. The van der Waals surface area contributed by atoms with E-state index < -0.39 is 25.8 Å². The van der Waals surface area contributed by atoms with Crippen LogP contribution in [0.1, 0.15) is 73.8 Å². The molecule has 0 aromatic heterocycles. The van der Waals surface area contributed by atoms with E-state index in [9.17, 15) is 0 Å². The van der Waals surface area contributed by atoms with Gasteiger partial charge in [0.05, 0.1) is 0 Å². The standard InChI is InChI=1S/C33H33.C12H10Si.C5H5.2ClH.Zr/c1-32(2,3)30-20-26-24(18-28(30)22-13-9-7-10-14-22)17-25-19-29(23-15-11-8-12-16-23)31(21-27(25)26)33(4,5)6;1-3-7-11(8-4-1)13-12-9-5-2-6-10-12;1-2-4-5-3-1;;;/h7-21H,1-6H3;1-10H;1-3H,4H2;2*1H;. The summed E-state index contributed by atoms with van der Waals surface area (Å²) in [6.45, 7) is 14.3. The summed E-state index contributed by atoms with van der Waals surface area (Å²) in [5.74, 6) is 0. The summed E-state index contributed by atoms with van der Waals surface area (Å²) in [6, 6.07) is 56.1. The van der Waals surface area contributed by atoms with Crippen LogP contribution in [-0.4, -0.2) is 5.43 Å². The number of halogens is 2. The van der Waals surface area contributed by atoms with Gasteiger partial charge in [-0.15, -0.1) is 24.8 Å². The van der Waals surface area contributed by atoms with E-state index in [2.05, 4.69) is 205 Å². The van der Waals surface area contributed by atoms with Gasteiger partial charge in [0.2, 0.25) is 0 Å². The smallest absolute Gasteiger partial charge is 0.147 e. The van der Waals surface area contributed by atoms with E-state index >= 15 is 0 Å². The maximum Gasteiger partial charge on any atom is -0.147 e. The zero-order valence-corrected chi connectivity index (χ0v) is 37.3. The minimum absolute atomic E-state index is 0. The van der Waals surface area contributed by atoms with Gasteiger partial charge in [0.1, 0.15) is 0 Å². The predicted molar refractivity (Wildman–Crippen MR) is 236 cm³/mol. The van der Waals surface area contributed by atoms with Crippen molar-refractivity contribution in [2.75, 3.05) is 0 Å². The molecule has 0 amide bonds. The van der Waals surface area contributed by atoms with Crippen molar-refractivity contribution in [1.29, 1.82) is 0 Å². The number of benzene rings is 6. The van der Waals surface area contributed by atoms with Gasteiger partial charge >= 0.3 is 321 Å². The quantitative estimate of drug-likeness (QED) is 0.147. The van der Waals surface area contributed by atoms with E-state index in [4.69, 9.17) is 0 Å². The monoisotopic (exact) mass is 838 g/mol. The van der Waals surface area contributed by atoms with Crippen LogP contribution in [-0.2, 0) is 31.2 Å². The topological polar surface area (TPSA) is 0 Å². The predicted octanol–water partition coefficient (Wildman–Crippen LogP) is 12.8. The molecule has 4 heteroatoms. The molecule has 6 aromatic rings. The third kappa shape index (κ3) is 7.66. The van der Waals surface area contributed by atoms with E-state index in [0.29, 0.717) is 3.63 Å². The summed E-state index contributed by atoms with van der Waals surface area (Å²) < 4.78 is 2.14. The summed E-state index contributed by atoms with van der Waals surface area (Å²) >= 11 is -2.71. The van der Waals surface area contributed by atoms with Crippen molar-refractivity contribution in [1.82, 2.24) is 0 Å². The van der Waals surface area contributed by atoms with E-state index in [1.54, 1.807) is 24.8 Å². The fourth-order valence-corrected chi connectivity index (χ4v) is 30.7. The largest absolute Gasteiger partial charge is 0.147 e. The average Bonchev–Trinajstić information content (AvgIpc) is 3.80. The van der Waals surface area contributed by atoms with Gasteiger partial charge in [0.15, 0.2) is 0 Å². The van der Waals surface area contributed by atoms with Crippen LogP contribution in [0.5, 0.6) is 0 Å². The molecule has 0 fully saturated rings. The third-order valence-electron chi connectivity index (χ3n) is 10.9. The van der Waals surface area contributed by atoms with E-state index in [-0.39, 0.29) is 35.6 Å². The van der Waals surface area contributed by atoms with E-state index in [0.717, 1.165) is 6.42 Å². The van der Waals surface area contributed by atoms with Crippen LogP contribution in [0.3, 0.4) is 0 Å². The molecule has 0 nitrogen and oxygen atoms in total. The Morgan fingerprint density at radius 3 is 1.24 bits per heavy atom. The molecule has 8 rings (SSSR count). The second-order valence-corrected chi connectivity index (χ2v) is 30.3. The Morgan fingerprint density at radius 1 is 0.500 bits per heavy atom. The number of allylic oxidation sites excluding steroid dienone is 4. The molecule has 2 aliphatic carbocycles. The molecule has 54 heavy (non-hydrogen) atoms. The van der Waals surface area contributed by atoms with E-state index in [1.807, 2.05) is 0 Å². The zero-order valence-electron chi connectivity index (χ0n) is 32.2. The SMILES string of the molecule is CC(C)(C)c1cc2c(cc1-c1ccccc1)[CH]([Zr]([C]1=CC=CC1)=[Si](c1ccccc1)c1ccccc1)c1cc(-c3ccccc3)c(C(C)(C)C)cc1-2.Cl.Cl. The van der Waals surface area contributed by atoms with Gasteiger partial charge in [0, 0.05) is 0 Å². The van der Waals surface area contributed by atoms with E-state index in [1.165, 1.54) is 44.5 Å². The maximum atomic E-state index is 2.66. The summed E-state index contributed by atoms with van der Waals surface area (Å²) in [7, 11) is 0. The Kier molecular flexibility index (Phi) is 12.1. The van der Waals surface area contributed by atoms with Crippen molar-refractivity contribution in [3.63, 3.8) is 0 Å². The van der Waals surface area contributed by atoms with Gasteiger partial charge in [-0.05, 0) is 0 Å². The molecule has 0 unspecified atom stereocenters. The summed E-state index contributed by atoms with van der Waals surface area (Å²) in [5, 5.41) is 3.11. The first-order valence-corrected chi connectivity index (χ1v) is 26.6. The van der Waals surface area contributed by atoms with Crippen molar-refractivity contribution >= 4 is 40.6 Å². The van der Waals surface area contributed by atoms with Gasteiger partial charge in [-0.25, -0.2) is 0 Å². The Balaban J connectivity index is 0.00000249. The van der Waals surface area contributed by atoms with Gasteiger partial charge in [-0.2, -0.15) is 0 Å². The molecular formula is C50H50Cl2SiZr. The van der Waals surface area contributed by atoms with Crippen LogP contribution < -0.4 is 10.4 Å². The molecule has 6 aromatic carbocycles. The first kappa shape index (κ1) is 40.2. The molecule has 0 bridgehead atoms. The third-order valence-corrected chi connectivity index (χ3v) is 30.6. The van der Waals surface area contributed by atoms with Crippen molar-refractivity contribution in [2.24, 2.45) is 0 Å². The molecule has 0 saturated heterocycles. The van der Waals surface area contributed by atoms with Crippen LogP contribution in [0.2, 0.25) is 0 Å². The maximum absolute atomic E-state index is 2.71. The molecule has 0 aliphatic heterocycles. The minimum Gasteiger partial charge on any atom is -0.147 e. The van der Waals surface area contributed by atoms with Crippen LogP contribution in [0.4, 0.5) is 0 Å². The first-order chi connectivity index (χ1) is 25.1. The van der Waals surface area contributed by atoms with Gasteiger partial charge < -0.3 is 0 Å². The van der Waals surface area contributed by atoms with Gasteiger partial charge in [0.25, 0.3) is 0 Å². The molecule has 0 spiro atoms. The normalized spacial score (nSPS) is 13.3. The minimum atomic E-state index is -2.71. The van der Waals surface area contributed by atoms with Crippen molar-refractivity contribution < 1.29 is 20.4 Å². The van der Waals surface area contributed by atoms with Crippen LogP contribution in [0, 0.1) is 0 Å². The molecule has 0 N–H and O–H groups in total. The van der Waals surface area contributed by atoms with Crippen LogP contribution in [0.15, 0.2) is 167 Å². The number of hydrogen-bond donors (Lipinski definition) is 0. The molecule has 0 heterocycles. The average molecular weight is 841 g/mol. The van der Waals surface area contributed by atoms with Crippen molar-refractivity contribution in [3.8, 4) is 33.4 Å². The van der Waals surface area contributed by atoms with Gasteiger partial charge in [-0.3, -0.25) is 0 Å². The fourth-order valence-electron chi connectivity index (χ4n) is 8.43. The number of hydrogen-bond acceptors (Lipinski definition) is 0. The molecule has 0 atom stereocenters. The van der Waals surface area contributed by atoms with Crippen molar-refractivity contribution in [3.05, 3.63) is 189 Å². The molecule has 272 valence electrons. The van der Waals surface area contributed by atoms with Gasteiger partial charge in [-0.1, -0.05) is 0 Å². The second kappa shape index (κ2) is 16.3. The number of fused-ring (bicyclic) bond motifs is 3. The molecule has 0 saturated carbocycles. The summed E-state index contributed by atoms with van der Waals surface area (Å²) in [4.78, 5) is 0. The first-order valence-electron chi connectivity index (χ1n) is 18.8. The van der Waals surface area contributed by atoms with Crippen molar-refractivity contribution in [2.45, 2.75) is 62.4 Å². The molecular weight excluding hydrogens is 791 g/mol. The Bertz CT molecular complexity index is 2220. The van der Waals surface area contributed by atoms with Crippen LogP contribution in [0.25, 0.3) is 33.4 Å². The Hall–Kier alpha value is -3.52. The summed E-state index contributed by atoms with van der Waals surface area (Å²) in [6.07, 6.45) is 8.38. The Morgan fingerprint density at radius 2 is 0.889 bits per heavy atom. The summed E-state index contributed by atoms with van der Waals surface area (Å²) in [5.41, 5.74) is 13.1. The second-order valence-electron chi connectivity index (χ2n) is 16.5. The Labute approximate surface area is 343 Å². The molecule has 2 aliphatic rings.